The molecule has 138 valence electrons. The highest BCUT2D eigenvalue weighted by atomic mass is 32.2. The number of fused-ring (bicyclic) bond motifs is 2. The first-order chi connectivity index (χ1) is 12.7. The van der Waals surface area contributed by atoms with E-state index in [2.05, 4.69) is 29.3 Å². The number of Topliss-reactive ketones (excluding diaryl/α,β-unsaturated/α-hetero) is 1. The smallest absolute Gasteiger partial charge is 0.163 e. The van der Waals surface area contributed by atoms with E-state index in [1.54, 1.807) is 12.1 Å². The highest BCUT2D eigenvalue weighted by Gasteiger charge is 2.40. The Bertz CT molecular complexity index is 699. The molecule has 0 N–H and O–H groups in total. The summed E-state index contributed by atoms with van der Waals surface area (Å²) in [6.45, 7) is 1.14. The first-order valence-corrected chi connectivity index (χ1v) is 10.7. The molecule has 4 heteroatoms. The molecule has 0 amide bonds. The monoisotopic (exact) mass is 371 g/mol. The van der Waals surface area contributed by atoms with Crippen LogP contribution in [0.15, 0.2) is 48.7 Å². The molecule has 0 radical (unpaired) electrons. The van der Waals surface area contributed by atoms with E-state index in [0.717, 1.165) is 30.1 Å². The van der Waals surface area contributed by atoms with Gasteiger partial charge >= 0.3 is 0 Å². The Kier molecular flexibility index (Phi) is 5.49. The third kappa shape index (κ3) is 4.06. The lowest BCUT2D eigenvalue weighted by atomic mass is 9.88. The van der Waals surface area contributed by atoms with Gasteiger partial charge in [-0.3, -0.25) is 4.79 Å². The molecule has 2 saturated carbocycles. The number of rotatable bonds is 7. The van der Waals surface area contributed by atoms with Crippen molar-refractivity contribution in [1.29, 1.82) is 0 Å². The fraction of sp³-hybridized carbons (Fsp3) is 0.500. The molecule has 0 aromatic heterocycles. The third-order valence-electron chi connectivity index (χ3n) is 6.11. The molecule has 4 unspecified atom stereocenters. The third-order valence-corrected chi connectivity index (χ3v) is 7.31. The minimum atomic E-state index is -0.300. The van der Waals surface area contributed by atoms with E-state index in [0.29, 0.717) is 17.4 Å². The van der Waals surface area contributed by atoms with Crippen LogP contribution in [0.3, 0.4) is 0 Å². The van der Waals surface area contributed by atoms with Crippen molar-refractivity contribution in [3.05, 3.63) is 60.1 Å². The van der Waals surface area contributed by atoms with Gasteiger partial charge in [0, 0.05) is 30.5 Å². The van der Waals surface area contributed by atoms with Gasteiger partial charge in [-0.25, -0.2) is 4.39 Å². The van der Waals surface area contributed by atoms with Crippen LogP contribution in [0, 0.1) is 23.6 Å². The molecule has 0 spiro atoms. The number of carbonyl (C=O) groups excluding carboxylic acids is 1. The molecule has 2 aliphatic carbocycles. The molecular weight excluding hydrogens is 345 g/mol. The van der Waals surface area contributed by atoms with Crippen LogP contribution in [0.25, 0.3) is 0 Å². The summed E-state index contributed by atoms with van der Waals surface area (Å²) in [4.78, 5) is 14.7. The van der Waals surface area contributed by atoms with E-state index >= 15 is 0 Å². The van der Waals surface area contributed by atoms with Gasteiger partial charge in [0.1, 0.15) is 5.82 Å². The molecule has 2 nitrogen and oxygen atoms in total. The molecule has 1 heterocycles. The van der Waals surface area contributed by atoms with Crippen LogP contribution in [0.5, 0.6) is 0 Å². The summed E-state index contributed by atoms with van der Waals surface area (Å²) >= 11 is 1.83. The second-order valence-electron chi connectivity index (χ2n) is 7.80. The van der Waals surface area contributed by atoms with Gasteiger partial charge in [-0.15, -0.1) is 11.8 Å². The average molecular weight is 372 g/mol. The number of hydrogen-bond acceptors (Lipinski definition) is 3. The Labute approximate surface area is 159 Å². The van der Waals surface area contributed by atoms with Crippen molar-refractivity contribution >= 4 is 17.5 Å². The van der Waals surface area contributed by atoms with E-state index < -0.39 is 0 Å². The summed E-state index contributed by atoms with van der Waals surface area (Å²) in [6.07, 6.45) is 14.9. The van der Waals surface area contributed by atoms with Gasteiger partial charge in [-0.2, -0.15) is 0 Å². The van der Waals surface area contributed by atoms with Crippen LogP contribution >= 0.6 is 11.8 Å². The molecule has 1 aromatic carbocycles. The second-order valence-corrected chi connectivity index (χ2v) is 9.02. The van der Waals surface area contributed by atoms with Crippen molar-refractivity contribution in [3.63, 3.8) is 0 Å². The Balaban J connectivity index is 1.27. The Morgan fingerprint density at radius 1 is 1.15 bits per heavy atom. The van der Waals surface area contributed by atoms with E-state index in [9.17, 15) is 9.18 Å². The van der Waals surface area contributed by atoms with Crippen LogP contribution in [0.1, 0.15) is 42.5 Å². The molecule has 2 bridgehead atoms. The maximum Gasteiger partial charge on any atom is 0.163 e. The SMILES string of the molecule is O=C(CCSC1C=CC=CN1CC1CC2CCC1C2)c1ccc(F)cc1. The van der Waals surface area contributed by atoms with Crippen LogP contribution in [0.4, 0.5) is 4.39 Å². The first-order valence-electron chi connectivity index (χ1n) is 9.70. The highest BCUT2D eigenvalue weighted by Crippen LogP contribution is 2.48. The molecule has 4 atom stereocenters. The molecule has 26 heavy (non-hydrogen) atoms. The van der Waals surface area contributed by atoms with Gasteiger partial charge in [0.05, 0.1) is 5.37 Å². The summed E-state index contributed by atoms with van der Waals surface area (Å²) in [7, 11) is 0. The van der Waals surface area contributed by atoms with Crippen molar-refractivity contribution in [1.82, 2.24) is 4.90 Å². The number of hydrogen-bond donors (Lipinski definition) is 0. The largest absolute Gasteiger partial charge is 0.362 e. The second kappa shape index (κ2) is 7.99. The predicted molar refractivity (Wildman–Crippen MR) is 106 cm³/mol. The minimum Gasteiger partial charge on any atom is -0.362 e. The number of thioether (sulfide) groups is 1. The Morgan fingerprint density at radius 3 is 2.73 bits per heavy atom. The van der Waals surface area contributed by atoms with Crippen molar-refractivity contribution in [2.24, 2.45) is 17.8 Å². The van der Waals surface area contributed by atoms with Crippen molar-refractivity contribution in [2.45, 2.75) is 37.5 Å². The quantitative estimate of drug-likeness (QED) is 0.608. The van der Waals surface area contributed by atoms with Crippen LogP contribution < -0.4 is 0 Å². The molecule has 1 aliphatic heterocycles. The maximum absolute atomic E-state index is 13.0. The Morgan fingerprint density at radius 2 is 2.00 bits per heavy atom. The van der Waals surface area contributed by atoms with E-state index in [-0.39, 0.29) is 11.6 Å². The first kappa shape index (κ1) is 17.8. The van der Waals surface area contributed by atoms with Gasteiger partial charge in [0.15, 0.2) is 5.78 Å². The zero-order chi connectivity index (χ0) is 17.9. The minimum absolute atomic E-state index is 0.0903. The lowest BCUT2D eigenvalue weighted by Gasteiger charge is -2.34. The number of ketones is 1. The van der Waals surface area contributed by atoms with Gasteiger partial charge in [-0.1, -0.05) is 18.6 Å². The Hall–Kier alpha value is -1.55. The number of allylic oxidation sites excluding steroid dienone is 2. The molecule has 3 aliphatic rings. The molecule has 0 saturated heterocycles. The van der Waals surface area contributed by atoms with E-state index in [1.165, 1.54) is 37.8 Å². The molecule has 4 rings (SSSR count). The highest BCUT2D eigenvalue weighted by molar-refractivity contribution is 8.00. The van der Waals surface area contributed by atoms with Gasteiger partial charge < -0.3 is 4.90 Å². The number of nitrogens with zero attached hydrogens (tertiary/aromatic N) is 1. The molecule has 1 aromatic rings. The van der Waals surface area contributed by atoms with Crippen molar-refractivity contribution in [3.8, 4) is 0 Å². The van der Waals surface area contributed by atoms with Crippen molar-refractivity contribution < 1.29 is 9.18 Å². The van der Waals surface area contributed by atoms with Gasteiger partial charge in [0.2, 0.25) is 0 Å². The van der Waals surface area contributed by atoms with E-state index in [4.69, 9.17) is 0 Å². The maximum atomic E-state index is 13.0. The summed E-state index contributed by atoms with van der Waals surface area (Å²) < 4.78 is 13.0. The fourth-order valence-corrected chi connectivity index (χ4v) is 5.85. The number of halogens is 1. The van der Waals surface area contributed by atoms with Crippen LogP contribution in [0.2, 0.25) is 0 Å². The predicted octanol–water partition coefficient (Wildman–Crippen LogP) is 5.28. The van der Waals surface area contributed by atoms with Crippen molar-refractivity contribution in [2.75, 3.05) is 12.3 Å². The van der Waals surface area contributed by atoms with E-state index in [1.807, 2.05) is 11.8 Å². The van der Waals surface area contributed by atoms with Crippen LogP contribution in [-0.4, -0.2) is 28.4 Å². The zero-order valence-electron chi connectivity index (χ0n) is 15.0. The topological polar surface area (TPSA) is 20.3 Å². The standard InChI is InChI=1S/C22H26FNOS/c23-20-8-6-17(7-9-20)21(25)10-12-26-22-3-1-2-11-24(22)15-19-14-16-4-5-18(19)13-16/h1-3,6-9,11,16,18-19,22H,4-5,10,12-15H2. The number of carbonyl (C=O) groups is 1. The molecule has 2 fully saturated rings. The summed E-state index contributed by atoms with van der Waals surface area (Å²) in [5.74, 6) is 3.33. The lowest BCUT2D eigenvalue weighted by molar-refractivity contribution is 0.0989. The molecular formula is C22H26FNOS. The summed E-state index contributed by atoms with van der Waals surface area (Å²) in [5, 5.41) is 0.320. The average Bonchev–Trinajstić information content (AvgIpc) is 3.27. The fourth-order valence-electron chi connectivity index (χ4n) is 4.75. The summed E-state index contributed by atoms with van der Waals surface area (Å²) in [6, 6.07) is 5.86. The zero-order valence-corrected chi connectivity index (χ0v) is 15.8. The lowest BCUT2D eigenvalue weighted by Crippen LogP contribution is -2.34. The normalized spacial score (nSPS) is 29.5. The number of benzene rings is 1. The van der Waals surface area contributed by atoms with Gasteiger partial charge in [-0.05, 0) is 67.4 Å². The van der Waals surface area contributed by atoms with Gasteiger partial charge in [0.25, 0.3) is 0 Å². The summed E-state index contributed by atoms with van der Waals surface area (Å²) in [5.41, 5.74) is 0.602. The van der Waals surface area contributed by atoms with Crippen LogP contribution in [-0.2, 0) is 0 Å².